The summed E-state index contributed by atoms with van der Waals surface area (Å²) < 4.78 is 9.16. The molecule has 0 atom stereocenters. The minimum Gasteiger partial charge on any atom is -0.454 e. The molecule has 0 unspecified atom stereocenters. The van der Waals surface area contributed by atoms with Crippen LogP contribution in [0, 0.1) is 0 Å². The molecule has 0 saturated carbocycles. The molecular formula is C52H33NOS. The van der Waals surface area contributed by atoms with E-state index in [0.717, 1.165) is 39.0 Å². The number of nitrogens with zero attached hydrogens (tertiary/aromatic N) is 1. The molecule has 0 bridgehead atoms. The summed E-state index contributed by atoms with van der Waals surface area (Å²) in [4.78, 5) is 2.34. The van der Waals surface area contributed by atoms with Gasteiger partial charge in [0.05, 0.1) is 5.69 Å². The maximum atomic E-state index is 6.59. The molecular weight excluding hydrogens is 687 g/mol. The fraction of sp³-hybridized carbons (Fsp3) is 0. The van der Waals surface area contributed by atoms with Gasteiger partial charge in [-0.1, -0.05) is 146 Å². The Balaban J connectivity index is 0.955. The average molecular weight is 720 g/mol. The van der Waals surface area contributed by atoms with Crippen LogP contribution in [0.15, 0.2) is 205 Å². The van der Waals surface area contributed by atoms with Crippen molar-refractivity contribution in [1.82, 2.24) is 0 Å². The molecule has 11 aromatic rings. The molecule has 0 saturated heterocycles. The van der Waals surface area contributed by atoms with E-state index >= 15 is 0 Å². The zero-order chi connectivity index (χ0) is 36.3. The number of para-hydroxylation sites is 2. The lowest BCUT2D eigenvalue weighted by molar-refractivity contribution is 0.669. The van der Waals surface area contributed by atoms with Gasteiger partial charge in [0, 0.05) is 42.3 Å². The summed E-state index contributed by atoms with van der Waals surface area (Å²) in [7, 11) is 0. The van der Waals surface area contributed by atoms with Crippen molar-refractivity contribution in [1.29, 1.82) is 0 Å². The van der Waals surface area contributed by atoms with E-state index in [1.54, 1.807) is 0 Å². The van der Waals surface area contributed by atoms with Gasteiger partial charge < -0.3 is 9.32 Å². The van der Waals surface area contributed by atoms with Gasteiger partial charge in [-0.15, -0.1) is 11.3 Å². The fourth-order valence-corrected chi connectivity index (χ4v) is 9.23. The minimum absolute atomic E-state index is 0.879. The van der Waals surface area contributed by atoms with Crippen LogP contribution < -0.4 is 4.90 Å². The van der Waals surface area contributed by atoms with E-state index in [9.17, 15) is 0 Å². The topological polar surface area (TPSA) is 16.4 Å². The molecule has 0 amide bonds. The van der Waals surface area contributed by atoms with Crippen molar-refractivity contribution >= 4 is 81.3 Å². The van der Waals surface area contributed by atoms with Gasteiger partial charge in [0.2, 0.25) is 0 Å². The molecule has 2 nitrogen and oxygen atoms in total. The Morgan fingerprint density at radius 2 is 0.927 bits per heavy atom. The van der Waals surface area contributed by atoms with Gasteiger partial charge in [-0.3, -0.25) is 0 Å². The summed E-state index contributed by atoms with van der Waals surface area (Å²) in [5, 5.41) is 7.33. The number of rotatable bonds is 6. The molecule has 0 aliphatic carbocycles. The SMILES string of the molecule is c1cc(-c2ccc(-c3ccc(N(c4ccc5c(c4)sc4ccccc45)c4cccc5c4oc4ccccc45)cc3)cc2)cc(-c2ccc3ccccc3c2)c1. The van der Waals surface area contributed by atoms with Crippen LogP contribution in [0.5, 0.6) is 0 Å². The number of thiophene rings is 1. The molecule has 2 aromatic heterocycles. The summed E-state index contributed by atoms with van der Waals surface area (Å²) in [5.41, 5.74) is 12.1. The van der Waals surface area contributed by atoms with E-state index in [2.05, 4.69) is 193 Å². The predicted molar refractivity (Wildman–Crippen MR) is 235 cm³/mol. The Morgan fingerprint density at radius 1 is 0.345 bits per heavy atom. The molecule has 0 fully saturated rings. The fourth-order valence-electron chi connectivity index (χ4n) is 8.09. The van der Waals surface area contributed by atoms with Crippen molar-refractivity contribution in [2.75, 3.05) is 4.90 Å². The van der Waals surface area contributed by atoms with Crippen molar-refractivity contribution in [3.05, 3.63) is 200 Å². The van der Waals surface area contributed by atoms with Crippen LogP contribution in [0.3, 0.4) is 0 Å². The number of anilines is 3. The molecule has 11 rings (SSSR count). The Kier molecular flexibility index (Phi) is 7.39. The second kappa shape index (κ2) is 12.9. The third kappa shape index (κ3) is 5.48. The molecule has 2 heterocycles. The van der Waals surface area contributed by atoms with Crippen molar-refractivity contribution in [2.45, 2.75) is 0 Å². The molecule has 0 N–H and O–H groups in total. The summed E-state index contributed by atoms with van der Waals surface area (Å²) in [6.07, 6.45) is 0. The second-order valence-electron chi connectivity index (χ2n) is 14.1. The Bertz CT molecular complexity index is 3210. The Labute approximate surface area is 322 Å². The van der Waals surface area contributed by atoms with Crippen LogP contribution in [0.2, 0.25) is 0 Å². The van der Waals surface area contributed by atoms with Gasteiger partial charge in [-0.2, -0.15) is 0 Å². The number of fused-ring (bicyclic) bond motifs is 7. The molecule has 3 heteroatoms. The van der Waals surface area contributed by atoms with Crippen molar-refractivity contribution in [2.24, 2.45) is 0 Å². The van der Waals surface area contributed by atoms with Gasteiger partial charge in [0.25, 0.3) is 0 Å². The highest BCUT2D eigenvalue weighted by molar-refractivity contribution is 7.25. The lowest BCUT2D eigenvalue weighted by Crippen LogP contribution is -2.10. The lowest BCUT2D eigenvalue weighted by atomic mass is 9.96. The van der Waals surface area contributed by atoms with Crippen LogP contribution in [-0.4, -0.2) is 0 Å². The maximum absolute atomic E-state index is 6.59. The Morgan fingerprint density at radius 3 is 1.76 bits per heavy atom. The van der Waals surface area contributed by atoms with Crippen molar-refractivity contribution in [3.63, 3.8) is 0 Å². The number of hydrogen-bond acceptors (Lipinski definition) is 3. The predicted octanol–water partition coefficient (Wildman–Crippen LogP) is 15.6. The first-order valence-corrected chi connectivity index (χ1v) is 19.5. The van der Waals surface area contributed by atoms with Crippen molar-refractivity contribution < 1.29 is 4.42 Å². The zero-order valence-corrected chi connectivity index (χ0v) is 30.6. The van der Waals surface area contributed by atoms with E-state index in [-0.39, 0.29) is 0 Å². The number of furan rings is 1. The van der Waals surface area contributed by atoms with Gasteiger partial charge >= 0.3 is 0 Å². The van der Waals surface area contributed by atoms with Crippen LogP contribution in [0.1, 0.15) is 0 Å². The molecule has 9 aromatic carbocycles. The quantitative estimate of drug-likeness (QED) is 0.170. The van der Waals surface area contributed by atoms with Gasteiger partial charge in [-0.25, -0.2) is 0 Å². The average Bonchev–Trinajstić information content (AvgIpc) is 3.83. The van der Waals surface area contributed by atoms with E-state index in [4.69, 9.17) is 4.42 Å². The van der Waals surface area contributed by atoms with Crippen LogP contribution in [0.25, 0.3) is 86.3 Å². The first-order chi connectivity index (χ1) is 27.2. The lowest BCUT2D eigenvalue weighted by Gasteiger charge is -2.26. The van der Waals surface area contributed by atoms with Gasteiger partial charge in [0.15, 0.2) is 5.58 Å². The Hall–Kier alpha value is -6.94. The zero-order valence-electron chi connectivity index (χ0n) is 29.8. The third-order valence-corrected chi connectivity index (χ3v) is 12.0. The van der Waals surface area contributed by atoms with E-state index in [0.29, 0.717) is 0 Å². The van der Waals surface area contributed by atoms with Crippen LogP contribution in [-0.2, 0) is 0 Å². The number of hydrogen-bond donors (Lipinski definition) is 0. The monoisotopic (exact) mass is 719 g/mol. The van der Waals surface area contributed by atoms with E-state index in [1.807, 2.05) is 23.5 Å². The van der Waals surface area contributed by atoms with E-state index < -0.39 is 0 Å². The highest BCUT2D eigenvalue weighted by Crippen LogP contribution is 2.45. The summed E-state index contributed by atoms with van der Waals surface area (Å²) in [6.45, 7) is 0. The van der Waals surface area contributed by atoms with Gasteiger partial charge in [-0.05, 0) is 98.8 Å². The normalized spacial score (nSPS) is 11.6. The van der Waals surface area contributed by atoms with Crippen LogP contribution >= 0.6 is 11.3 Å². The molecule has 0 spiro atoms. The third-order valence-electron chi connectivity index (χ3n) is 10.9. The molecule has 0 radical (unpaired) electrons. The highest BCUT2D eigenvalue weighted by Gasteiger charge is 2.20. The highest BCUT2D eigenvalue weighted by atomic mass is 32.1. The first kappa shape index (κ1) is 31.6. The van der Waals surface area contributed by atoms with Crippen molar-refractivity contribution in [3.8, 4) is 33.4 Å². The smallest absolute Gasteiger partial charge is 0.159 e. The largest absolute Gasteiger partial charge is 0.454 e. The molecule has 258 valence electrons. The van der Waals surface area contributed by atoms with Gasteiger partial charge in [0.1, 0.15) is 5.58 Å². The summed E-state index contributed by atoms with van der Waals surface area (Å²) in [5.74, 6) is 0. The minimum atomic E-state index is 0.879. The molecule has 55 heavy (non-hydrogen) atoms. The van der Waals surface area contributed by atoms with Crippen LogP contribution in [0.4, 0.5) is 17.1 Å². The summed E-state index contributed by atoms with van der Waals surface area (Å²) in [6, 6.07) is 72.2. The molecule has 0 aliphatic heterocycles. The first-order valence-electron chi connectivity index (χ1n) is 18.7. The number of benzene rings is 9. The second-order valence-corrected chi connectivity index (χ2v) is 15.2. The van der Waals surface area contributed by atoms with E-state index in [1.165, 1.54) is 64.3 Å². The molecule has 0 aliphatic rings. The summed E-state index contributed by atoms with van der Waals surface area (Å²) >= 11 is 1.84. The standard InChI is InChI=1S/C52H33NOS/c1-2-10-38-32-41(24-23-34(38)9-1)40-12-7-11-39(31-40)37-21-19-35(20-22-37)36-25-27-42(28-26-36)53(43-29-30-46-45-14-4-6-18-50(45)55-51(46)33-43)48-16-8-15-47-44-13-3-5-17-49(44)54-52(47)48/h1-33H. The maximum Gasteiger partial charge on any atom is 0.159 e.